The summed E-state index contributed by atoms with van der Waals surface area (Å²) >= 11 is 6.53. The smallest absolute Gasteiger partial charge is 0.255 e. The number of carbonyl (C=O) groups is 1. The van der Waals surface area contributed by atoms with Gasteiger partial charge in [0, 0.05) is 31.4 Å². The summed E-state index contributed by atoms with van der Waals surface area (Å²) in [5, 5.41) is 0.266. The average molecular weight is 438 g/mol. The van der Waals surface area contributed by atoms with Crippen molar-refractivity contribution in [2.75, 3.05) is 19.8 Å². The molecule has 0 atom stereocenters. The molecule has 1 aliphatic heterocycles. The van der Waals surface area contributed by atoms with E-state index < -0.39 is 10.0 Å². The van der Waals surface area contributed by atoms with Crippen LogP contribution >= 0.6 is 11.6 Å². The zero-order valence-electron chi connectivity index (χ0n) is 16.9. The molecule has 1 aromatic heterocycles. The first-order valence-corrected chi connectivity index (χ1v) is 11.4. The van der Waals surface area contributed by atoms with E-state index in [1.165, 1.54) is 11.4 Å². The number of sulfonamides is 1. The maximum Gasteiger partial charge on any atom is 0.255 e. The Bertz CT molecular complexity index is 1140. The fourth-order valence-electron chi connectivity index (χ4n) is 3.51. The number of amides is 1. The Kier molecular flexibility index (Phi) is 5.89. The number of halogens is 1. The van der Waals surface area contributed by atoms with Crippen LogP contribution in [0.3, 0.4) is 0 Å². The number of nitrogens with one attached hydrogen (secondary N) is 1. The van der Waals surface area contributed by atoms with Gasteiger partial charge in [0.1, 0.15) is 0 Å². The van der Waals surface area contributed by atoms with Crippen LogP contribution in [0.25, 0.3) is 0 Å². The first-order valence-electron chi connectivity index (χ1n) is 9.19. The van der Waals surface area contributed by atoms with Crippen molar-refractivity contribution >= 4 is 27.5 Å². The molecule has 1 N–H and O–H groups in total. The molecule has 3 rings (SSSR count). The number of benzene rings is 1. The van der Waals surface area contributed by atoms with Crippen molar-refractivity contribution < 1.29 is 13.2 Å². The van der Waals surface area contributed by atoms with Crippen molar-refractivity contribution in [2.24, 2.45) is 0 Å². The molecule has 2 aromatic rings. The summed E-state index contributed by atoms with van der Waals surface area (Å²) in [5.74, 6) is -0.250. The van der Waals surface area contributed by atoms with Crippen molar-refractivity contribution in [1.82, 2.24) is 14.2 Å². The molecule has 2 heterocycles. The van der Waals surface area contributed by atoms with Crippen molar-refractivity contribution in [3.05, 3.63) is 67.1 Å². The Morgan fingerprint density at radius 1 is 1.24 bits per heavy atom. The van der Waals surface area contributed by atoms with Gasteiger partial charge in [-0.3, -0.25) is 9.59 Å². The summed E-state index contributed by atoms with van der Waals surface area (Å²) in [6.07, 6.45) is 1.74. The molecule has 7 nitrogen and oxygen atoms in total. The molecule has 29 heavy (non-hydrogen) atoms. The quantitative estimate of drug-likeness (QED) is 0.776. The minimum absolute atomic E-state index is 0.0783. The molecule has 0 saturated heterocycles. The second-order valence-corrected chi connectivity index (χ2v) is 9.98. The molecule has 0 spiro atoms. The number of hydrogen-bond donors (Lipinski definition) is 1. The molecular formula is C20H24ClN3O4S. The van der Waals surface area contributed by atoms with E-state index in [0.29, 0.717) is 29.7 Å². The average Bonchev–Trinajstić information content (AvgIpc) is 2.61. The van der Waals surface area contributed by atoms with Crippen molar-refractivity contribution in [1.29, 1.82) is 0 Å². The lowest BCUT2D eigenvalue weighted by atomic mass is 9.95. The molecular weight excluding hydrogens is 414 g/mol. The highest BCUT2D eigenvalue weighted by Crippen LogP contribution is 2.31. The third-order valence-electron chi connectivity index (χ3n) is 5.26. The van der Waals surface area contributed by atoms with Gasteiger partial charge in [0.15, 0.2) is 0 Å². The molecule has 156 valence electrons. The van der Waals surface area contributed by atoms with Crippen LogP contribution in [0.2, 0.25) is 5.02 Å². The Morgan fingerprint density at radius 2 is 1.93 bits per heavy atom. The van der Waals surface area contributed by atoms with Gasteiger partial charge in [0.25, 0.3) is 11.5 Å². The maximum atomic E-state index is 13.2. The monoisotopic (exact) mass is 437 g/mol. The standard InChI is InChI=1S/C20H24ClN3O4S/c1-12-9-13(2)22-19(25)16(12)11-24-8-7-14-5-6-15(10-23(3)29(4,27)28)18(21)17(14)20(24)26/h5-6,9H,7-8,10-11H2,1-4H3,(H,22,25). The van der Waals surface area contributed by atoms with Gasteiger partial charge in [-0.1, -0.05) is 23.7 Å². The second-order valence-electron chi connectivity index (χ2n) is 7.51. The first kappa shape index (κ1) is 21.5. The Balaban J connectivity index is 1.93. The predicted octanol–water partition coefficient (Wildman–Crippen LogP) is 2.24. The number of aromatic amines is 1. The lowest BCUT2D eigenvalue weighted by molar-refractivity contribution is 0.0726. The van der Waals surface area contributed by atoms with E-state index in [9.17, 15) is 18.0 Å². The summed E-state index contributed by atoms with van der Waals surface area (Å²) in [6, 6.07) is 5.47. The van der Waals surface area contributed by atoms with E-state index in [4.69, 9.17) is 11.6 Å². The number of aryl methyl sites for hydroxylation is 2. The van der Waals surface area contributed by atoms with Gasteiger partial charge in [-0.2, -0.15) is 0 Å². The van der Waals surface area contributed by atoms with Crippen LogP contribution in [0, 0.1) is 13.8 Å². The molecule has 0 fully saturated rings. The zero-order valence-corrected chi connectivity index (χ0v) is 18.4. The number of fused-ring (bicyclic) bond motifs is 1. The lowest BCUT2D eigenvalue weighted by Gasteiger charge is -2.30. The molecule has 1 aliphatic rings. The maximum absolute atomic E-state index is 13.2. The number of pyridine rings is 1. The van der Waals surface area contributed by atoms with Crippen LogP contribution in [-0.2, 0) is 29.5 Å². The molecule has 0 bridgehead atoms. The van der Waals surface area contributed by atoms with Crippen LogP contribution < -0.4 is 5.56 Å². The van der Waals surface area contributed by atoms with Gasteiger partial charge in [-0.25, -0.2) is 12.7 Å². The highest BCUT2D eigenvalue weighted by atomic mass is 35.5. The minimum Gasteiger partial charge on any atom is -0.334 e. The van der Waals surface area contributed by atoms with Crippen molar-refractivity contribution in [3.8, 4) is 0 Å². The summed E-state index contributed by atoms with van der Waals surface area (Å²) in [5.41, 5.74) is 3.74. The number of H-pyrrole nitrogens is 1. The number of nitrogens with zero attached hydrogens (tertiary/aromatic N) is 2. The number of rotatable bonds is 5. The molecule has 1 amide bonds. The second kappa shape index (κ2) is 7.93. The van der Waals surface area contributed by atoms with E-state index in [-0.39, 0.29) is 29.6 Å². The zero-order chi connectivity index (χ0) is 21.5. The number of carbonyl (C=O) groups excluding carboxylic acids is 1. The van der Waals surface area contributed by atoms with E-state index in [2.05, 4.69) is 4.98 Å². The molecule has 9 heteroatoms. The molecule has 0 saturated carbocycles. The highest BCUT2D eigenvalue weighted by Gasteiger charge is 2.29. The van der Waals surface area contributed by atoms with E-state index in [0.717, 1.165) is 23.1 Å². The topological polar surface area (TPSA) is 90.6 Å². The van der Waals surface area contributed by atoms with Crippen molar-refractivity contribution in [2.45, 2.75) is 33.4 Å². The fraction of sp³-hybridized carbons (Fsp3) is 0.400. The molecule has 0 radical (unpaired) electrons. The fourth-order valence-corrected chi connectivity index (χ4v) is 4.21. The predicted molar refractivity (Wildman–Crippen MR) is 113 cm³/mol. The number of aromatic nitrogens is 1. The summed E-state index contributed by atoms with van der Waals surface area (Å²) in [7, 11) is -1.91. The van der Waals surface area contributed by atoms with Crippen LogP contribution in [0.1, 0.15) is 38.3 Å². The first-order chi connectivity index (χ1) is 13.5. The van der Waals surface area contributed by atoms with Gasteiger partial charge < -0.3 is 9.88 Å². The molecule has 1 aromatic carbocycles. The summed E-state index contributed by atoms with van der Waals surface area (Å²) < 4.78 is 24.6. The van der Waals surface area contributed by atoms with Gasteiger partial charge in [0.05, 0.1) is 23.4 Å². The van der Waals surface area contributed by atoms with Gasteiger partial charge in [0.2, 0.25) is 10.0 Å². The van der Waals surface area contributed by atoms with Crippen LogP contribution in [0.15, 0.2) is 23.0 Å². The van der Waals surface area contributed by atoms with Gasteiger partial charge in [-0.15, -0.1) is 0 Å². The normalized spacial score (nSPS) is 14.4. The van der Waals surface area contributed by atoms with E-state index >= 15 is 0 Å². The van der Waals surface area contributed by atoms with Gasteiger partial charge in [-0.05, 0) is 43.0 Å². The Labute approximate surface area is 175 Å². The van der Waals surface area contributed by atoms with Crippen LogP contribution in [-0.4, -0.2) is 48.4 Å². The Morgan fingerprint density at radius 3 is 2.55 bits per heavy atom. The molecule has 0 aliphatic carbocycles. The summed E-state index contributed by atoms with van der Waals surface area (Å²) in [6.45, 7) is 4.43. The molecule has 0 unspecified atom stereocenters. The van der Waals surface area contributed by atoms with E-state index in [1.807, 2.05) is 26.0 Å². The lowest BCUT2D eigenvalue weighted by Crippen LogP contribution is -2.39. The van der Waals surface area contributed by atoms with Crippen LogP contribution in [0.4, 0.5) is 0 Å². The third kappa shape index (κ3) is 4.39. The minimum atomic E-state index is -3.38. The van der Waals surface area contributed by atoms with Crippen LogP contribution in [0.5, 0.6) is 0 Å². The largest absolute Gasteiger partial charge is 0.334 e. The van der Waals surface area contributed by atoms with Crippen molar-refractivity contribution in [3.63, 3.8) is 0 Å². The Hall–Kier alpha value is -2.16. The third-order valence-corrected chi connectivity index (χ3v) is 6.96. The van der Waals surface area contributed by atoms with Gasteiger partial charge >= 0.3 is 0 Å². The highest BCUT2D eigenvalue weighted by molar-refractivity contribution is 7.88. The number of hydrogen-bond acceptors (Lipinski definition) is 4. The summed E-state index contributed by atoms with van der Waals surface area (Å²) in [4.78, 5) is 29.9. The SMILES string of the molecule is Cc1cc(C)c(CN2CCc3ccc(CN(C)S(C)(=O)=O)c(Cl)c3C2=O)c(=O)[nH]1. The van der Waals surface area contributed by atoms with E-state index in [1.54, 1.807) is 11.0 Å².